The third-order valence-electron chi connectivity index (χ3n) is 12.6. The number of carbonyl (C=O) groups excluding carboxylic acids is 1. The van der Waals surface area contributed by atoms with Crippen LogP contribution in [0, 0.1) is 0 Å². The number of benzene rings is 3. The van der Waals surface area contributed by atoms with Gasteiger partial charge in [-0.3, -0.25) is 0 Å². The number of ether oxygens (including phenoxy) is 9. The quantitative estimate of drug-likeness (QED) is 0.0423. The second-order valence-corrected chi connectivity index (χ2v) is 17.6. The van der Waals surface area contributed by atoms with Crippen LogP contribution in [0.25, 0.3) is 22.3 Å². The van der Waals surface area contributed by atoms with Crippen LogP contribution >= 0.6 is 0 Å². The summed E-state index contributed by atoms with van der Waals surface area (Å²) in [5, 5.41) is 157. The van der Waals surface area contributed by atoms with Crippen molar-refractivity contribution in [3.05, 3.63) is 72.3 Å². The van der Waals surface area contributed by atoms with E-state index < -0.39 is 154 Å². The van der Waals surface area contributed by atoms with Crippen LogP contribution in [0.4, 0.5) is 0 Å². The van der Waals surface area contributed by atoms with Crippen molar-refractivity contribution in [1.82, 2.24) is 0 Å². The molecule has 0 amide bonds. The highest BCUT2D eigenvalue weighted by atomic mass is 16.7. The number of fused-ring (bicyclic) bond motifs is 1. The number of phenolic OH excluding ortho intramolecular Hbond substituents is 2. The smallest absolute Gasteiger partial charge is 0.402 e. The van der Waals surface area contributed by atoms with E-state index in [-0.39, 0.29) is 50.9 Å². The van der Waals surface area contributed by atoms with Crippen LogP contribution in [-0.2, 0) is 28.4 Å². The summed E-state index contributed by atoms with van der Waals surface area (Å²) < 4.78 is 56.8. The first kappa shape index (κ1) is 53.1. The average molecular weight is 1020 g/mol. The molecule has 15 N–H and O–H groups in total. The number of aromatic hydroxyl groups is 2. The molecule has 4 saturated heterocycles. The predicted octanol–water partition coefficient (Wildman–Crippen LogP) is -3.96. The van der Waals surface area contributed by atoms with Crippen LogP contribution in [0.1, 0.15) is 17.3 Å². The van der Waals surface area contributed by atoms with Crippen molar-refractivity contribution < 1.29 is 128 Å². The van der Waals surface area contributed by atoms with E-state index in [1.54, 1.807) is 0 Å². The van der Waals surface area contributed by atoms with Gasteiger partial charge in [0.2, 0.25) is 24.6 Å². The lowest BCUT2D eigenvalue weighted by Crippen LogP contribution is -2.61. The summed E-state index contributed by atoms with van der Waals surface area (Å²) in [6.45, 7) is -0.522. The van der Waals surface area contributed by atoms with E-state index in [2.05, 4.69) is 0 Å². The van der Waals surface area contributed by atoms with Crippen LogP contribution in [0.15, 0.2) is 71.1 Å². The molecule has 394 valence electrons. The number of rotatable bonds is 14. The zero-order valence-electron chi connectivity index (χ0n) is 37.7. The lowest BCUT2D eigenvalue weighted by atomic mass is 9.98. The van der Waals surface area contributed by atoms with Gasteiger partial charge < -0.3 is 119 Å². The first-order chi connectivity index (χ1) is 34.2. The molecular weight excluding hydrogens is 968 g/mol. The molecule has 0 saturated carbocycles. The first-order valence-electron chi connectivity index (χ1n) is 22.5. The molecule has 0 radical (unpaired) electrons. The summed E-state index contributed by atoms with van der Waals surface area (Å²) in [6, 6.07) is 14.2. The molecule has 8 rings (SSSR count). The Kier molecular flexibility index (Phi) is 16.3. The maximum absolute atomic E-state index is 13.0. The van der Waals surface area contributed by atoms with Gasteiger partial charge >= 0.3 is 17.3 Å². The normalized spacial score (nSPS) is 37.2. The summed E-state index contributed by atoms with van der Waals surface area (Å²) >= 11 is 0. The van der Waals surface area contributed by atoms with E-state index in [0.29, 0.717) is 0 Å². The number of aliphatic hydroxyl groups is 13. The highest BCUT2D eigenvalue weighted by Crippen LogP contribution is 2.42. The topological polar surface area (TPSA) is 415 Å². The lowest BCUT2D eigenvalue weighted by Gasteiger charge is -2.42. The third kappa shape index (κ3) is 11.0. The molecule has 0 bridgehead atoms. The Balaban J connectivity index is 0.958. The lowest BCUT2D eigenvalue weighted by molar-refractivity contribution is -0.318. The fourth-order valence-electron chi connectivity index (χ4n) is 8.26. The monoisotopic (exact) mass is 1020 g/mol. The van der Waals surface area contributed by atoms with Crippen molar-refractivity contribution in [1.29, 1.82) is 0 Å². The summed E-state index contributed by atoms with van der Waals surface area (Å²) in [5.41, 5.74) is 0.100. The molecule has 4 aliphatic rings. The highest BCUT2D eigenvalue weighted by molar-refractivity contribution is 5.90. The maximum Gasteiger partial charge on any atom is 0.402 e. The van der Waals surface area contributed by atoms with Gasteiger partial charge in [-0.1, -0.05) is 0 Å². The zero-order valence-corrected chi connectivity index (χ0v) is 37.7. The SMILES string of the molecule is CC1O[C@@H](OCC2O[C@@H](Oc3cc4c(O)cc(O[C@@H]5OC(COC(=O)c6ccc(O[C@@H]7OC(CO)[C@@H](O)[C@H](O)C7O)cc6)[C@@H](O)[C@H](O)C5O)cc4[o+]c3-c3ccc(O)cc3)C(O)[C@@H](O)[C@@H]2O)[C@@H](O)C(O)[C@H]1O. The summed E-state index contributed by atoms with van der Waals surface area (Å²) in [5.74, 6) is -2.11. The van der Waals surface area contributed by atoms with Crippen LogP contribution in [-0.4, -0.2) is 225 Å². The van der Waals surface area contributed by atoms with Gasteiger partial charge in [-0.2, -0.15) is 0 Å². The minimum atomic E-state index is -1.91. The van der Waals surface area contributed by atoms with Gasteiger partial charge in [0.05, 0.1) is 36.5 Å². The van der Waals surface area contributed by atoms with E-state index in [1.165, 1.54) is 67.6 Å². The number of hydrogen-bond donors (Lipinski definition) is 15. The zero-order chi connectivity index (χ0) is 51.9. The van der Waals surface area contributed by atoms with Crippen molar-refractivity contribution in [3.63, 3.8) is 0 Å². The fraction of sp³-hybridized carbons (Fsp3) is 0.522. The molecule has 3 aromatic carbocycles. The van der Waals surface area contributed by atoms with E-state index in [9.17, 15) is 81.4 Å². The van der Waals surface area contributed by atoms with Crippen LogP contribution < -0.4 is 14.2 Å². The number of esters is 1. The number of aliphatic hydroxyl groups excluding tert-OH is 13. The van der Waals surface area contributed by atoms with Crippen LogP contribution in [0.5, 0.6) is 28.7 Å². The van der Waals surface area contributed by atoms with E-state index in [1.807, 2.05) is 0 Å². The van der Waals surface area contributed by atoms with Gasteiger partial charge in [0.1, 0.15) is 127 Å². The summed E-state index contributed by atoms with van der Waals surface area (Å²) in [7, 11) is 0. The molecule has 72 heavy (non-hydrogen) atoms. The van der Waals surface area contributed by atoms with Crippen LogP contribution in [0.2, 0.25) is 0 Å². The van der Waals surface area contributed by atoms with E-state index in [0.717, 1.165) is 6.07 Å². The molecular formula is C46H55O26+. The van der Waals surface area contributed by atoms with E-state index in [4.69, 9.17) is 47.0 Å². The largest absolute Gasteiger partial charge is 0.508 e. The van der Waals surface area contributed by atoms with E-state index >= 15 is 0 Å². The molecule has 4 aromatic rings. The molecule has 0 spiro atoms. The number of carbonyl (C=O) groups is 1. The second kappa shape index (κ2) is 22.1. The molecule has 26 nitrogen and oxygen atoms in total. The van der Waals surface area contributed by atoms with Crippen LogP contribution in [0.3, 0.4) is 0 Å². The van der Waals surface area contributed by atoms with Crippen molar-refractivity contribution in [2.24, 2.45) is 0 Å². The van der Waals surface area contributed by atoms with Gasteiger partial charge in [-0.25, -0.2) is 9.21 Å². The highest BCUT2D eigenvalue weighted by Gasteiger charge is 2.50. The molecule has 8 unspecified atom stereocenters. The Hall–Kier alpha value is -5.18. The third-order valence-corrected chi connectivity index (χ3v) is 12.6. The number of phenols is 2. The van der Waals surface area contributed by atoms with Crippen molar-refractivity contribution in [3.8, 4) is 40.1 Å². The first-order valence-corrected chi connectivity index (χ1v) is 22.5. The molecule has 5 heterocycles. The molecule has 0 aliphatic carbocycles. The minimum absolute atomic E-state index is 0.0373. The summed E-state index contributed by atoms with van der Waals surface area (Å²) in [4.78, 5) is 13.0. The Morgan fingerprint density at radius 2 is 1.06 bits per heavy atom. The molecule has 20 atom stereocenters. The Labute approximate surface area is 406 Å². The van der Waals surface area contributed by atoms with Crippen molar-refractivity contribution >= 4 is 16.9 Å². The molecule has 4 fully saturated rings. The average Bonchev–Trinajstić information content (AvgIpc) is 3.37. The van der Waals surface area contributed by atoms with Crippen molar-refractivity contribution in [2.45, 2.75) is 130 Å². The molecule has 26 heteroatoms. The molecule has 4 aliphatic heterocycles. The second-order valence-electron chi connectivity index (χ2n) is 17.6. The Morgan fingerprint density at radius 3 is 1.65 bits per heavy atom. The minimum Gasteiger partial charge on any atom is -0.508 e. The Bertz CT molecular complexity index is 2460. The van der Waals surface area contributed by atoms with Crippen molar-refractivity contribution in [2.75, 3.05) is 19.8 Å². The van der Waals surface area contributed by atoms with Gasteiger partial charge in [0.25, 0.3) is 0 Å². The van der Waals surface area contributed by atoms with Gasteiger partial charge in [-0.05, 0) is 55.5 Å². The number of hydrogen-bond acceptors (Lipinski definition) is 25. The predicted molar refractivity (Wildman–Crippen MR) is 233 cm³/mol. The Morgan fingerprint density at radius 1 is 0.542 bits per heavy atom. The fourth-order valence-corrected chi connectivity index (χ4v) is 8.26. The standard InChI is InChI=1S/C46H54O26/c1-16-29(50)33(54)37(58)43(65-16)64-15-28-32(53)36(57)40(61)46(72-28)69-25-12-22-23(49)10-21(11-24(22)68-41(25)17-2-6-19(48)7-3-17)67-45-39(60)35(56)31(52)27(71-45)14-63-42(62)18-4-8-20(9-5-18)66-44-38(59)34(55)30(51)26(13-47)70-44/h2-12,16,26-40,43-47,50-61H,13-15H2,1H3,(H-,48,49)/p+1/t16?,26?,27?,28?,29-,30+,31+,32+,33?,34-,35-,36-,37-,38?,39?,40?,43+,44+,45+,46+/m0/s1. The van der Waals surface area contributed by atoms with Gasteiger partial charge in [-0.15, -0.1) is 0 Å². The summed E-state index contributed by atoms with van der Waals surface area (Å²) in [6.07, 6.45) is -32.6. The van der Waals surface area contributed by atoms with Gasteiger partial charge in [0, 0.05) is 12.1 Å². The molecule has 1 aromatic heterocycles. The maximum atomic E-state index is 13.0. The van der Waals surface area contributed by atoms with Gasteiger partial charge in [0.15, 0.2) is 6.29 Å².